The highest BCUT2D eigenvalue weighted by Gasteiger charge is 2.36. The van der Waals surface area contributed by atoms with Crippen LogP contribution in [0.25, 0.3) is 0 Å². The summed E-state index contributed by atoms with van der Waals surface area (Å²) in [5.74, 6) is 0.192. The van der Waals surface area contributed by atoms with Crippen LogP contribution < -0.4 is 10.5 Å². The molecular formula is C24H27FN4O5S. The molecular weight excluding hydrogens is 475 g/mol. The number of nitrogens with one attached hydrogen (secondary N) is 1. The molecule has 1 fully saturated rings. The Balaban J connectivity index is 1.49. The number of carbonyl (C=O) groups excluding carboxylic acids is 1. The molecule has 3 N–H and O–H groups in total. The lowest BCUT2D eigenvalue weighted by Gasteiger charge is -2.17. The molecule has 3 aromatic rings. The maximum Gasteiger partial charge on any atom is 0.333 e. The minimum Gasteiger partial charge on any atom is -0.458 e. The Bertz CT molecular complexity index is 1330. The number of furan rings is 1. The van der Waals surface area contributed by atoms with Crippen molar-refractivity contribution in [1.82, 2.24) is 9.97 Å². The monoisotopic (exact) mass is 502 g/mol. The van der Waals surface area contributed by atoms with E-state index in [4.69, 9.17) is 9.56 Å². The van der Waals surface area contributed by atoms with E-state index in [2.05, 4.69) is 25.5 Å². The number of nitrogens with two attached hydrogens (primary N) is 1. The van der Waals surface area contributed by atoms with Gasteiger partial charge in [0, 0.05) is 12.6 Å². The largest absolute Gasteiger partial charge is 0.458 e. The predicted molar refractivity (Wildman–Crippen MR) is 127 cm³/mol. The molecule has 0 aliphatic heterocycles. The third kappa shape index (κ3) is 6.30. The molecule has 1 aromatic carbocycles. The number of hydrogen-bond donors (Lipinski definition) is 2. The van der Waals surface area contributed by atoms with Gasteiger partial charge in [0.05, 0.1) is 18.2 Å². The van der Waals surface area contributed by atoms with Crippen molar-refractivity contribution < 1.29 is 26.2 Å². The van der Waals surface area contributed by atoms with Crippen LogP contribution in [-0.2, 0) is 20.9 Å². The maximum absolute atomic E-state index is 14.6. The van der Waals surface area contributed by atoms with Crippen molar-refractivity contribution in [2.75, 3.05) is 11.9 Å². The Kier molecular flexibility index (Phi) is 7.29. The number of hydrogen-bond acceptors (Lipinski definition) is 8. The van der Waals surface area contributed by atoms with Gasteiger partial charge in [0.1, 0.15) is 24.1 Å². The fourth-order valence-electron chi connectivity index (χ4n) is 4.33. The van der Waals surface area contributed by atoms with Crippen LogP contribution in [0, 0.1) is 19.8 Å². The second-order valence-electron chi connectivity index (χ2n) is 8.85. The summed E-state index contributed by atoms with van der Waals surface area (Å²) < 4.78 is 47.1. The van der Waals surface area contributed by atoms with E-state index in [-0.39, 0.29) is 42.5 Å². The van der Waals surface area contributed by atoms with Crippen molar-refractivity contribution in [2.45, 2.75) is 45.3 Å². The van der Waals surface area contributed by atoms with Crippen molar-refractivity contribution in [3.63, 3.8) is 0 Å². The molecule has 1 aliphatic carbocycles. The summed E-state index contributed by atoms with van der Waals surface area (Å²) in [7, 11) is -4.10. The lowest BCUT2D eigenvalue weighted by molar-refractivity contribution is 0.101. The summed E-state index contributed by atoms with van der Waals surface area (Å²) in [6, 6.07) is 9.14. The van der Waals surface area contributed by atoms with Crippen molar-refractivity contribution >= 4 is 21.9 Å². The highest BCUT2D eigenvalue weighted by molar-refractivity contribution is 7.84. The van der Waals surface area contributed by atoms with Gasteiger partial charge < -0.3 is 9.73 Å². The number of anilines is 1. The first kappa shape index (κ1) is 25.0. The Labute approximate surface area is 203 Å². The van der Waals surface area contributed by atoms with E-state index in [0.29, 0.717) is 12.2 Å². The van der Waals surface area contributed by atoms with Crippen LogP contribution in [0.3, 0.4) is 0 Å². The van der Waals surface area contributed by atoms with E-state index in [0.717, 1.165) is 16.7 Å². The lowest BCUT2D eigenvalue weighted by atomic mass is 10.0. The van der Waals surface area contributed by atoms with E-state index in [1.165, 1.54) is 12.5 Å². The second kappa shape index (κ2) is 10.2. The Hall–Kier alpha value is -3.15. The van der Waals surface area contributed by atoms with Crippen LogP contribution in [0.4, 0.5) is 10.2 Å². The zero-order valence-corrected chi connectivity index (χ0v) is 20.2. The third-order valence-electron chi connectivity index (χ3n) is 6.05. The van der Waals surface area contributed by atoms with Gasteiger partial charge in [-0.05, 0) is 49.8 Å². The van der Waals surface area contributed by atoms with E-state index < -0.39 is 28.3 Å². The molecule has 0 radical (unpaired) electrons. The topological polar surface area (TPSA) is 137 Å². The molecule has 1 unspecified atom stereocenters. The predicted octanol–water partition coefficient (Wildman–Crippen LogP) is 3.26. The number of alkyl halides is 1. The Morgan fingerprint density at radius 2 is 2.09 bits per heavy atom. The summed E-state index contributed by atoms with van der Waals surface area (Å²) in [6.07, 6.45) is 2.34. The molecule has 1 saturated carbocycles. The lowest BCUT2D eigenvalue weighted by Crippen LogP contribution is -2.27. The van der Waals surface area contributed by atoms with E-state index in [1.807, 2.05) is 25.1 Å². The fourth-order valence-corrected chi connectivity index (χ4v) is 4.71. The quantitative estimate of drug-likeness (QED) is 0.425. The maximum atomic E-state index is 14.6. The highest BCUT2D eigenvalue weighted by atomic mass is 32.2. The van der Waals surface area contributed by atoms with Crippen LogP contribution in [0.1, 0.15) is 51.4 Å². The van der Waals surface area contributed by atoms with Crippen molar-refractivity contribution in [3.05, 3.63) is 76.6 Å². The number of carbonyl (C=O) groups is 1. The number of benzene rings is 1. The minimum atomic E-state index is -4.10. The van der Waals surface area contributed by atoms with E-state index in [1.54, 1.807) is 13.0 Å². The Morgan fingerprint density at radius 1 is 1.29 bits per heavy atom. The molecule has 35 heavy (non-hydrogen) atoms. The molecule has 0 amide bonds. The van der Waals surface area contributed by atoms with Gasteiger partial charge in [0.25, 0.3) is 0 Å². The van der Waals surface area contributed by atoms with Gasteiger partial charge in [-0.25, -0.2) is 19.5 Å². The minimum absolute atomic E-state index is 0.0985. The number of aromatic nitrogens is 2. The summed E-state index contributed by atoms with van der Waals surface area (Å²) in [6.45, 7) is 3.62. The SMILES string of the molecule is Cc1cccc(Cc2cc(C(=O)c3cncnc3NC3C[C@H](COS(N)(=O)=O)C[C@@H]3F)oc2C)c1. The molecule has 11 heteroatoms. The van der Waals surface area contributed by atoms with Crippen LogP contribution in [-0.4, -0.2) is 43.0 Å². The third-order valence-corrected chi connectivity index (χ3v) is 6.52. The Morgan fingerprint density at radius 3 is 2.83 bits per heavy atom. The molecule has 2 heterocycles. The second-order valence-corrected chi connectivity index (χ2v) is 10.1. The summed E-state index contributed by atoms with van der Waals surface area (Å²) in [5.41, 5.74) is 3.30. The molecule has 0 bridgehead atoms. The number of ketones is 1. The molecule has 0 spiro atoms. The average molecular weight is 503 g/mol. The van der Waals surface area contributed by atoms with Crippen molar-refractivity contribution in [3.8, 4) is 0 Å². The summed E-state index contributed by atoms with van der Waals surface area (Å²) in [4.78, 5) is 21.4. The molecule has 9 nitrogen and oxygen atoms in total. The van der Waals surface area contributed by atoms with E-state index >= 15 is 0 Å². The van der Waals surface area contributed by atoms with Gasteiger partial charge in [-0.2, -0.15) is 8.42 Å². The number of rotatable bonds is 9. The first-order chi connectivity index (χ1) is 16.6. The standard InChI is InChI=1S/C24H27FN4O5S/c1-14-4-3-5-16(6-14)7-18-10-22(34-15(18)2)23(30)19-11-27-13-28-24(19)29-21-9-17(8-20(21)25)12-33-35(26,31)32/h3-6,10-11,13,17,20-21H,7-9,12H2,1-2H3,(H2,26,31,32)(H,27,28,29)/t17-,20+,21?/m1/s1. The van der Waals surface area contributed by atoms with Crippen LogP contribution in [0.5, 0.6) is 0 Å². The summed E-state index contributed by atoms with van der Waals surface area (Å²) >= 11 is 0. The molecule has 4 rings (SSSR count). The highest BCUT2D eigenvalue weighted by Crippen LogP contribution is 2.32. The van der Waals surface area contributed by atoms with Gasteiger partial charge in [-0.1, -0.05) is 29.8 Å². The number of aryl methyl sites for hydroxylation is 2. The zero-order chi connectivity index (χ0) is 25.2. The fraction of sp³-hybridized carbons (Fsp3) is 0.375. The summed E-state index contributed by atoms with van der Waals surface area (Å²) in [5, 5.41) is 7.83. The number of nitrogens with zero attached hydrogens (tertiary/aromatic N) is 2. The van der Waals surface area contributed by atoms with Crippen LogP contribution in [0.15, 0.2) is 47.3 Å². The molecule has 186 valence electrons. The van der Waals surface area contributed by atoms with Gasteiger partial charge >= 0.3 is 10.3 Å². The first-order valence-corrected chi connectivity index (χ1v) is 12.6. The first-order valence-electron chi connectivity index (χ1n) is 11.2. The molecule has 1 aliphatic rings. The normalized spacial score (nSPS) is 20.2. The molecule has 3 atom stereocenters. The van der Waals surface area contributed by atoms with Gasteiger partial charge in [0.2, 0.25) is 5.78 Å². The number of halogens is 1. The van der Waals surface area contributed by atoms with Crippen molar-refractivity contribution in [2.24, 2.45) is 11.1 Å². The van der Waals surface area contributed by atoms with E-state index in [9.17, 15) is 17.6 Å². The molecule has 2 aromatic heterocycles. The van der Waals surface area contributed by atoms with Crippen molar-refractivity contribution in [1.29, 1.82) is 0 Å². The smallest absolute Gasteiger partial charge is 0.333 e. The van der Waals surface area contributed by atoms with Crippen LogP contribution in [0.2, 0.25) is 0 Å². The zero-order valence-electron chi connectivity index (χ0n) is 19.4. The van der Waals surface area contributed by atoms with Gasteiger partial charge in [-0.3, -0.25) is 8.98 Å². The van der Waals surface area contributed by atoms with Gasteiger partial charge in [0.15, 0.2) is 5.76 Å². The van der Waals surface area contributed by atoms with Crippen LogP contribution >= 0.6 is 0 Å². The van der Waals surface area contributed by atoms with Gasteiger partial charge in [-0.15, -0.1) is 0 Å². The molecule has 0 saturated heterocycles. The average Bonchev–Trinajstić information content (AvgIpc) is 3.34.